The highest BCUT2D eigenvalue weighted by Crippen LogP contribution is 2.34. The lowest BCUT2D eigenvalue weighted by Crippen LogP contribution is -2.58. The minimum Gasteiger partial charge on any atom is -0.362 e. The Bertz CT molecular complexity index is 973. The first kappa shape index (κ1) is 21.2. The number of hydrogen-bond donors (Lipinski definition) is 1. The van der Waals surface area contributed by atoms with Gasteiger partial charge in [0, 0.05) is 27.0 Å². The number of rotatable bonds is 7. The SMILES string of the molecule is O=C(NCCc1cccs1)N1CC(OC(c2ccc(Cl)cc2)c2ccccc2Cl)C1. The van der Waals surface area contributed by atoms with Gasteiger partial charge in [0.05, 0.1) is 19.2 Å². The lowest BCUT2D eigenvalue weighted by Gasteiger charge is -2.40. The van der Waals surface area contributed by atoms with Crippen LogP contribution in [0.1, 0.15) is 22.1 Å². The van der Waals surface area contributed by atoms with Crippen molar-refractivity contribution in [3.63, 3.8) is 0 Å². The number of hydrogen-bond acceptors (Lipinski definition) is 3. The van der Waals surface area contributed by atoms with Crippen LogP contribution in [0.5, 0.6) is 0 Å². The van der Waals surface area contributed by atoms with E-state index in [1.807, 2.05) is 60.0 Å². The number of nitrogens with zero attached hydrogens (tertiary/aromatic N) is 1. The molecule has 3 aromatic rings. The number of nitrogens with one attached hydrogen (secondary N) is 1. The Balaban J connectivity index is 1.35. The van der Waals surface area contributed by atoms with Crippen LogP contribution >= 0.6 is 34.5 Å². The van der Waals surface area contributed by atoms with Gasteiger partial charge in [-0.1, -0.05) is 59.6 Å². The van der Waals surface area contributed by atoms with Crippen molar-refractivity contribution in [1.82, 2.24) is 10.2 Å². The van der Waals surface area contributed by atoms with Gasteiger partial charge in [-0.2, -0.15) is 0 Å². The fourth-order valence-corrected chi connectivity index (χ4v) is 4.47. The molecule has 2 heterocycles. The second kappa shape index (κ2) is 9.84. The normalized spacial score (nSPS) is 14.9. The van der Waals surface area contributed by atoms with E-state index in [2.05, 4.69) is 11.4 Å². The summed E-state index contributed by atoms with van der Waals surface area (Å²) in [5.74, 6) is 0. The van der Waals surface area contributed by atoms with Crippen LogP contribution in [0.4, 0.5) is 4.79 Å². The van der Waals surface area contributed by atoms with Crippen molar-refractivity contribution in [1.29, 1.82) is 0 Å². The van der Waals surface area contributed by atoms with Crippen molar-refractivity contribution in [2.24, 2.45) is 0 Å². The Morgan fingerprint density at radius 2 is 1.87 bits per heavy atom. The molecule has 0 aliphatic carbocycles. The molecule has 30 heavy (non-hydrogen) atoms. The molecule has 1 aliphatic heterocycles. The molecule has 2 amide bonds. The predicted octanol–water partition coefficient (Wildman–Crippen LogP) is 5.80. The van der Waals surface area contributed by atoms with Crippen LogP contribution in [-0.2, 0) is 11.2 Å². The van der Waals surface area contributed by atoms with Crippen LogP contribution in [0, 0.1) is 0 Å². The largest absolute Gasteiger partial charge is 0.362 e. The highest BCUT2D eigenvalue weighted by atomic mass is 35.5. The van der Waals surface area contributed by atoms with Gasteiger partial charge in [0.2, 0.25) is 0 Å². The number of ether oxygens (including phenoxy) is 1. The number of benzene rings is 2. The lowest BCUT2D eigenvalue weighted by molar-refractivity contribution is -0.0644. The molecular formula is C23H22Cl2N2O2S. The third-order valence-corrected chi connectivity index (χ3v) is 6.58. The quantitative estimate of drug-likeness (QED) is 0.484. The molecular weight excluding hydrogens is 439 g/mol. The van der Waals surface area contributed by atoms with E-state index in [0.717, 1.165) is 17.5 Å². The molecule has 1 fully saturated rings. The van der Waals surface area contributed by atoms with E-state index in [9.17, 15) is 4.79 Å². The molecule has 0 bridgehead atoms. The Labute approximate surface area is 190 Å². The molecule has 0 radical (unpaired) electrons. The molecule has 1 atom stereocenters. The summed E-state index contributed by atoms with van der Waals surface area (Å²) in [6.07, 6.45) is 0.484. The standard InChI is InChI=1S/C23H22Cl2N2O2S/c24-17-9-7-16(8-10-17)22(20-5-1-2-6-21(20)25)29-18-14-27(15-18)23(28)26-12-11-19-4-3-13-30-19/h1-10,13,18,22H,11-12,14-15H2,(H,26,28). The van der Waals surface area contributed by atoms with Crippen molar-refractivity contribution in [2.45, 2.75) is 18.6 Å². The molecule has 4 nitrogen and oxygen atoms in total. The van der Waals surface area contributed by atoms with Crippen LogP contribution in [0.3, 0.4) is 0 Å². The summed E-state index contributed by atoms with van der Waals surface area (Å²) >= 11 is 14.2. The van der Waals surface area contributed by atoms with E-state index < -0.39 is 0 Å². The topological polar surface area (TPSA) is 41.6 Å². The van der Waals surface area contributed by atoms with E-state index in [1.54, 1.807) is 16.2 Å². The minimum atomic E-state index is -0.315. The molecule has 7 heteroatoms. The second-order valence-corrected chi connectivity index (χ2v) is 9.05. The van der Waals surface area contributed by atoms with Crippen molar-refractivity contribution in [3.8, 4) is 0 Å². The summed E-state index contributed by atoms with van der Waals surface area (Å²) in [6.45, 7) is 1.74. The Morgan fingerprint density at radius 1 is 1.10 bits per heavy atom. The van der Waals surface area contributed by atoms with Gasteiger partial charge in [-0.25, -0.2) is 4.79 Å². The van der Waals surface area contributed by atoms with E-state index in [4.69, 9.17) is 27.9 Å². The number of amides is 2. The number of carbonyl (C=O) groups is 1. The molecule has 4 rings (SSSR count). The maximum absolute atomic E-state index is 12.3. The Kier molecular flexibility index (Phi) is 6.95. The zero-order valence-corrected chi connectivity index (χ0v) is 18.6. The molecule has 1 unspecified atom stereocenters. The van der Waals surface area contributed by atoms with Gasteiger partial charge in [-0.05, 0) is 41.6 Å². The van der Waals surface area contributed by atoms with Gasteiger partial charge in [-0.3, -0.25) is 0 Å². The van der Waals surface area contributed by atoms with Crippen molar-refractivity contribution >= 4 is 40.6 Å². The number of carbonyl (C=O) groups excluding carboxylic acids is 1. The lowest BCUT2D eigenvalue weighted by atomic mass is 10.0. The smallest absolute Gasteiger partial charge is 0.317 e. The zero-order valence-electron chi connectivity index (χ0n) is 16.3. The summed E-state index contributed by atoms with van der Waals surface area (Å²) in [4.78, 5) is 15.4. The van der Waals surface area contributed by atoms with E-state index in [0.29, 0.717) is 29.7 Å². The fourth-order valence-electron chi connectivity index (χ4n) is 3.40. The molecule has 1 N–H and O–H groups in total. The van der Waals surface area contributed by atoms with Crippen molar-refractivity contribution < 1.29 is 9.53 Å². The Morgan fingerprint density at radius 3 is 2.57 bits per heavy atom. The van der Waals surface area contributed by atoms with Crippen LogP contribution < -0.4 is 5.32 Å². The first-order chi connectivity index (χ1) is 14.6. The summed E-state index contributed by atoms with van der Waals surface area (Å²) in [7, 11) is 0. The van der Waals surface area contributed by atoms with Crippen LogP contribution in [0.15, 0.2) is 66.0 Å². The average molecular weight is 461 g/mol. The van der Waals surface area contributed by atoms with Gasteiger partial charge < -0.3 is 15.0 Å². The third kappa shape index (κ3) is 5.16. The highest BCUT2D eigenvalue weighted by molar-refractivity contribution is 7.09. The first-order valence-corrected chi connectivity index (χ1v) is 11.4. The zero-order chi connectivity index (χ0) is 20.9. The molecule has 0 saturated carbocycles. The van der Waals surface area contributed by atoms with Crippen LogP contribution in [0.25, 0.3) is 0 Å². The third-order valence-electron chi connectivity index (χ3n) is 5.05. The maximum Gasteiger partial charge on any atom is 0.317 e. The summed E-state index contributed by atoms with van der Waals surface area (Å²) in [5, 5.41) is 6.35. The molecule has 1 aliphatic rings. The van der Waals surface area contributed by atoms with Gasteiger partial charge in [0.25, 0.3) is 0 Å². The summed E-state index contributed by atoms with van der Waals surface area (Å²) < 4.78 is 6.38. The molecule has 0 spiro atoms. The minimum absolute atomic E-state index is 0.0489. The Hall–Kier alpha value is -2.05. The monoisotopic (exact) mass is 460 g/mol. The van der Waals surface area contributed by atoms with E-state index in [-0.39, 0.29) is 18.2 Å². The van der Waals surface area contributed by atoms with Gasteiger partial charge in [0.15, 0.2) is 0 Å². The van der Waals surface area contributed by atoms with Crippen molar-refractivity contribution in [3.05, 3.63) is 92.1 Å². The molecule has 2 aromatic carbocycles. The molecule has 156 valence electrons. The van der Waals surface area contributed by atoms with Gasteiger partial charge in [0.1, 0.15) is 6.10 Å². The highest BCUT2D eigenvalue weighted by Gasteiger charge is 2.34. The second-order valence-electron chi connectivity index (χ2n) is 7.18. The number of halogens is 2. The summed E-state index contributed by atoms with van der Waals surface area (Å²) in [6, 6.07) is 19.3. The first-order valence-electron chi connectivity index (χ1n) is 9.80. The van der Waals surface area contributed by atoms with E-state index in [1.165, 1.54) is 4.88 Å². The fraction of sp³-hybridized carbons (Fsp3) is 0.261. The predicted molar refractivity (Wildman–Crippen MR) is 123 cm³/mol. The van der Waals surface area contributed by atoms with Crippen LogP contribution in [0.2, 0.25) is 10.0 Å². The van der Waals surface area contributed by atoms with Gasteiger partial charge >= 0.3 is 6.03 Å². The number of likely N-dealkylation sites (tertiary alicyclic amines) is 1. The average Bonchev–Trinajstić information content (AvgIpc) is 3.22. The summed E-state index contributed by atoms with van der Waals surface area (Å²) in [5.41, 5.74) is 1.88. The number of urea groups is 1. The van der Waals surface area contributed by atoms with Gasteiger partial charge in [-0.15, -0.1) is 11.3 Å². The van der Waals surface area contributed by atoms with Crippen LogP contribution in [-0.4, -0.2) is 36.7 Å². The molecule has 1 saturated heterocycles. The molecule has 1 aromatic heterocycles. The van der Waals surface area contributed by atoms with E-state index >= 15 is 0 Å². The van der Waals surface area contributed by atoms with Crippen molar-refractivity contribution in [2.75, 3.05) is 19.6 Å². The number of thiophene rings is 1. The maximum atomic E-state index is 12.3.